The number of aliphatic imine (C=N–C) groups is 1. The van der Waals surface area contributed by atoms with E-state index >= 15 is 0 Å². The molecule has 0 heterocycles. The Morgan fingerprint density at radius 3 is 2.47 bits per heavy atom. The van der Waals surface area contributed by atoms with Crippen LogP contribution < -0.4 is 5.73 Å². The number of hydrogen-bond donors (Lipinski definition) is 1. The van der Waals surface area contributed by atoms with Gasteiger partial charge in [0.15, 0.2) is 4.38 Å². The monoisotopic (exact) mass is 319 g/mol. The lowest BCUT2D eigenvalue weighted by Crippen LogP contribution is -2.24. The van der Waals surface area contributed by atoms with Crippen molar-refractivity contribution in [1.29, 1.82) is 0 Å². The van der Waals surface area contributed by atoms with Crippen LogP contribution in [0.15, 0.2) is 26.4 Å². The maximum absolute atomic E-state index is 5.48. The number of thioether (sulfide) groups is 3. The molecule has 5 nitrogen and oxygen atoms in total. The lowest BCUT2D eigenvalue weighted by atomic mass is 10.4. The van der Waals surface area contributed by atoms with E-state index in [0.29, 0.717) is 11.9 Å². The summed E-state index contributed by atoms with van der Waals surface area (Å²) >= 11 is 4.72. The van der Waals surface area contributed by atoms with Crippen LogP contribution in [0.4, 0.5) is 0 Å². The second-order valence-electron chi connectivity index (χ2n) is 3.58. The highest BCUT2D eigenvalue weighted by Crippen LogP contribution is 2.28. The molecular formula is C11H21N5S3. The van der Waals surface area contributed by atoms with Gasteiger partial charge in [0.2, 0.25) is 0 Å². The second kappa shape index (κ2) is 11.4. The highest BCUT2D eigenvalue weighted by molar-refractivity contribution is 8.41. The van der Waals surface area contributed by atoms with Gasteiger partial charge in [0.25, 0.3) is 0 Å². The lowest BCUT2D eigenvalue weighted by molar-refractivity contribution is 0.366. The van der Waals surface area contributed by atoms with Crippen molar-refractivity contribution in [3.8, 4) is 0 Å². The van der Waals surface area contributed by atoms with Crippen LogP contribution in [0.1, 0.15) is 13.8 Å². The van der Waals surface area contributed by atoms with Crippen LogP contribution in [0.25, 0.3) is 0 Å². The van der Waals surface area contributed by atoms with E-state index < -0.39 is 0 Å². The minimum atomic E-state index is 0.409. The summed E-state index contributed by atoms with van der Waals surface area (Å²) in [6.45, 7) is 11.1. The number of nitrogens with two attached hydrogens (primary N) is 1. The summed E-state index contributed by atoms with van der Waals surface area (Å²) in [5, 5.41) is 9.34. The zero-order valence-corrected chi connectivity index (χ0v) is 14.0. The van der Waals surface area contributed by atoms with Gasteiger partial charge in [-0.1, -0.05) is 35.3 Å². The van der Waals surface area contributed by atoms with Gasteiger partial charge in [0.05, 0.1) is 16.3 Å². The highest BCUT2D eigenvalue weighted by Gasteiger charge is 2.10. The highest BCUT2D eigenvalue weighted by atomic mass is 32.2. The SMILES string of the molecule is C=N/C=C(\SCS/C(=N/N=C)SCN)N(C)C(C)C. The van der Waals surface area contributed by atoms with Crippen molar-refractivity contribution >= 4 is 53.1 Å². The molecule has 0 radical (unpaired) electrons. The number of nitrogens with zero attached hydrogens (tertiary/aromatic N) is 4. The van der Waals surface area contributed by atoms with Crippen LogP contribution in [0.5, 0.6) is 0 Å². The molecule has 0 aromatic rings. The van der Waals surface area contributed by atoms with Gasteiger partial charge in [-0.05, 0) is 20.6 Å². The lowest BCUT2D eigenvalue weighted by Gasteiger charge is -2.25. The molecule has 108 valence electrons. The molecule has 0 spiro atoms. The van der Waals surface area contributed by atoms with E-state index in [4.69, 9.17) is 5.73 Å². The van der Waals surface area contributed by atoms with Gasteiger partial charge in [-0.2, -0.15) is 5.10 Å². The molecule has 0 amide bonds. The smallest absolute Gasteiger partial charge is 0.154 e. The first-order valence-electron chi connectivity index (χ1n) is 5.57. The number of rotatable bonds is 8. The third-order valence-corrected chi connectivity index (χ3v) is 5.24. The molecule has 0 saturated heterocycles. The Balaban J connectivity index is 4.41. The van der Waals surface area contributed by atoms with Crippen LogP contribution in [0, 0.1) is 0 Å². The summed E-state index contributed by atoms with van der Waals surface area (Å²) in [4.78, 5) is 5.99. The van der Waals surface area contributed by atoms with Crippen LogP contribution in [0.2, 0.25) is 0 Å². The van der Waals surface area contributed by atoms with Gasteiger partial charge < -0.3 is 10.6 Å². The van der Waals surface area contributed by atoms with Crippen molar-refractivity contribution in [2.45, 2.75) is 19.9 Å². The fourth-order valence-electron chi connectivity index (χ4n) is 0.931. The predicted octanol–water partition coefficient (Wildman–Crippen LogP) is 2.87. The summed E-state index contributed by atoms with van der Waals surface area (Å²) < 4.78 is 0.822. The number of hydrogen-bond acceptors (Lipinski definition) is 8. The summed E-state index contributed by atoms with van der Waals surface area (Å²) in [5.74, 6) is 0.481. The molecule has 0 rings (SSSR count). The van der Waals surface area contributed by atoms with E-state index in [9.17, 15) is 0 Å². The molecule has 0 aliphatic rings. The van der Waals surface area contributed by atoms with Crippen LogP contribution >= 0.6 is 35.3 Å². The Morgan fingerprint density at radius 1 is 1.32 bits per heavy atom. The Morgan fingerprint density at radius 2 is 2.00 bits per heavy atom. The first kappa shape index (κ1) is 18.6. The molecule has 0 aliphatic heterocycles. The molecule has 0 fully saturated rings. The van der Waals surface area contributed by atoms with E-state index in [1.165, 1.54) is 11.8 Å². The fourth-order valence-corrected chi connectivity index (χ4v) is 3.96. The van der Waals surface area contributed by atoms with E-state index in [2.05, 4.69) is 47.4 Å². The Kier molecular flexibility index (Phi) is 11.1. The summed E-state index contributed by atoms with van der Waals surface area (Å²) in [5.41, 5.74) is 5.48. The van der Waals surface area contributed by atoms with Gasteiger partial charge in [0.1, 0.15) is 0 Å². The molecule has 0 bridgehead atoms. The zero-order valence-electron chi connectivity index (χ0n) is 11.6. The molecule has 2 N–H and O–H groups in total. The maximum Gasteiger partial charge on any atom is 0.154 e. The average Bonchev–Trinajstić information content (AvgIpc) is 2.37. The van der Waals surface area contributed by atoms with E-state index in [1.54, 1.807) is 29.7 Å². The van der Waals surface area contributed by atoms with Crippen molar-refractivity contribution in [1.82, 2.24) is 4.90 Å². The van der Waals surface area contributed by atoms with Crippen molar-refractivity contribution in [2.75, 3.05) is 18.0 Å². The first-order valence-corrected chi connectivity index (χ1v) is 8.53. The Bertz CT molecular complexity index is 341. The van der Waals surface area contributed by atoms with Gasteiger partial charge in [0, 0.05) is 25.7 Å². The fraction of sp³-hybridized carbons (Fsp3) is 0.545. The third kappa shape index (κ3) is 8.35. The quantitative estimate of drug-likeness (QED) is 0.322. The molecule has 8 heteroatoms. The van der Waals surface area contributed by atoms with E-state index in [-0.39, 0.29) is 0 Å². The van der Waals surface area contributed by atoms with Crippen molar-refractivity contribution < 1.29 is 0 Å². The van der Waals surface area contributed by atoms with Gasteiger partial charge in [-0.25, -0.2) is 0 Å². The van der Waals surface area contributed by atoms with Gasteiger partial charge in [-0.15, -0.1) is 5.10 Å². The van der Waals surface area contributed by atoms with Crippen LogP contribution in [0.3, 0.4) is 0 Å². The van der Waals surface area contributed by atoms with Crippen molar-refractivity contribution in [2.24, 2.45) is 20.9 Å². The minimum Gasteiger partial charge on any atom is -0.366 e. The molecule has 0 saturated carbocycles. The molecule has 0 aromatic heterocycles. The Labute approximate surface area is 128 Å². The normalized spacial score (nSPS) is 12.7. The summed E-state index contributed by atoms with van der Waals surface area (Å²) in [6, 6.07) is 0.409. The van der Waals surface area contributed by atoms with E-state index in [1.807, 2.05) is 7.05 Å². The maximum atomic E-state index is 5.48. The molecule has 19 heavy (non-hydrogen) atoms. The average molecular weight is 320 g/mol. The standard InChI is InChI=1S/C11H21N5S3/c1-9(2)16(5)10(6-13-3)18-8-19-11(15-14-4)17-7-12/h6,9H,3-4,7-8,12H2,1-2,5H3/b10-6-,15-11+. The molecule has 0 aromatic carbocycles. The van der Waals surface area contributed by atoms with Gasteiger partial charge >= 0.3 is 0 Å². The summed E-state index contributed by atoms with van der Waals surface area (Å²) in [7, 11) is 2.04. The predicted molar refractivity (Wildman–Crippen MR) is 94.2 cm³/mol. The van der Waals surface area contributed by atoms with Crippen molar-refractivity contribution in [3.05, 3.63) is 11.2 Å². The molecule has 0 aliphatic carbocycles. The zero-order chi connectivity index (χ0) is 14.7. The minimum absolute atomic E-state index is 0.409. The largest absolute Gasteiger partial charge is 0.366 e. The summed E-state index contributed by atoms with van der Waals surface area (Å²) in [6.07, 6.45) is 1.77. The van der Waals surface area contributed by atoms with Crippen LogP contribution in [-0.2, 0) is 0 Å². The second-order valence-corrected chi connectivity index (χ2v) is 7.17. The molecule has 0 unspecified atom stereocenters. The van der Waals surface area contributed by atoms with Crippen LogP contribution in [-0.4, -0.2) is 46.8 Å². The molecular weight excluding hydrogens is 298 g/mol. The topological polar surface area (TPSA) is 66.3 Å². The van der Waals surface area contributed by atoms with Gasteiger partial charge in [-0.3, -0.25) is 4.99 Å². The molecule has 0 atom stereocenters. The first-order chi connectivity index (χ1) is 9.06. The van der Waals surface area contributed by atoms with Crippen molar-refractivity contribution in [3.63, 3.8) is 0 Å². The third-order valence-electron chi connectivity index (χ3n) is 2.07. The Hall–Kier alpha value is -0.440. The van der Waals surface area contributed by atoms with E-state index in [0.717, 1.165) is 14.5 Å².